The van der Waals surface area contributed by atoms with Gasteiger partial charge >= 0.3 is 0 Å². The zero-order valence-corrected chi connectivity index (χ0v) is 15.2. The Morgan fingerprint density at radius 2 is 2.08 bits per heavy atom. The number of hydrazone groups is 1. The molecule has 0 bridgehead atoms. The third kappa shape index (κ3) is 5.86. The van der Waals surface area contributed by atoms with Crippen molar-refractivity contribution in [2.45, 2.75) is 6.61 Å². The largest absolute Gasteiger partial charge is 0.493 e. The zero-order chi connectivity index (χ0) is 18.8. The van der Waals surface area contributed by atoms with Gasteiger partial charge in [-0.25, -0.2) is 4.39 Å². The van der Waals surface area contributed by atoms with Gasteiger partial charge in [0.05, 0.1) is 13.3 Å². The third-order valence-corrected chi connectivity index (χ3v) is 3.55. The quantitative estimate of drug-likeness (QED) is 0.321. The summed E-state index contributed by atoms with van der Waals surface area (Å²) in [7, 11) is 1.55. The van der Waals surface area contributed by atoms with Crippen LogP contribution in [-0.4, -0.2) is 25.0 Å². The van der Waals surface area contributed by atoms with E-state index in [1.807, 2.05) is 6.07 Å². The minimum atomic E-state index is -0.311. The molecule has 0 unspecified atom stereocenters. The fourth-order valence-corrected chi connectivity index (χ4v) is 2.16. The summed E-state index contributed by atoms with van der Waals surface area (Å²) in [4.78, 5) is 0. The fourth-order valence-electron chi connectivity index (χ4n) is 2.03. The van der Waals surface area contributed by atoms with Crippen LogP contribution >= 0.6 is 12.2 Å². The molecule has 7 heteroatoms. The molecule has 2 rings (SSSR count). The molecule has 0 saturated heterocycles. The van der Waals surface area contributed by atoms with Crippen molar-refractivity contribution in [3.63, 3.8) is 0 Å². The predicted molar refractivity (Wildman–Crippen MR) is 105 cm³/mol. The van der Waals surface area contributed by atoms with Crippen LogP contribution in [-0.2, 0) is 6.61 Å². The molecule has 26 heavy (non-hydrogen) atoms. The van der Waals surface area contributed by atoms with Crippen LogP contribution in [0.15, 0.2) is 60.2 Å². The Hall–Kier alpha value is -2.93. The maximum Gasteiger partial charge on any atom is 0.187 e. The van der Waals surface area contributed by atoms with Gasteiger partial charge in [0.15, 0.2) is 16.6 Å². The maximum absolute atomic E-state index is 13.7. The molecule has 2 aromatic rings. The molecule has 0 aliphatic rings. The number of thiocarbonyl (C=S) groups is 1. The van der Waals surface area contributed by atoms with Gasteiger partial charge in [0, 0.05) is 12.1 Å². The molecule has 2 aromatic carbocycles. The van der Waals surface area contributed by atoms with Crippen molar-refractivity contribution in [1.82, 2.24) is 10.7 Å². The minimum absolute atomic E-state index is 0.0947. The third-order valence-electron chi connectivity index (χ3n) is 3.32. The summed E-state index contributed by atoms with van der Waals surface area (Å²) in [6.07, 6.45) is 3.29. The molecule has 0 aromatic heterocycles. The van der Waals surface area contributed by atoms with Crippen LogP contribution in [0.5, 0.6) is 11.5 Å². The lowest BCUT2D eigenvalue weighted by Crippen LogP contribution is -2.31. The molecule has 0 spiro atoms. The summed E-state index contributed by atoms with van der Waals surface area (Å²) < 4.78 is 24.7. The molecule has 0 fully saturated rings. The molecular formula is C19H20FN3O2S. The molecule has 0 amide bonds. The number of benzene rings is 2. The van der Waals surface area contributed by atoms with Crippen molar-refractivity contribution in [2.75, 3.05) is 13.7 Å². The van der Waals surface area contributed by atoms with Gasteiger partial charge in [-0.2, -0.15) is 5.10 Å². The molecule has 2 N–H and O–H groups in total. The number of halogens is 1. The van der Waals surface area contributed by atoms with E-state index in [-0.39, 0.29) is 12.4 Å². The second-order valence-corrected chi connectivity index (χ2v) is 5.57. The molecule has 0 aliphatic heterocycles. The molecule has 0 atom stereocenters. The van der Waals surface area contributed by atoms with Crippen LogP contribution in [0, 0.1) is 5.82 Å². The van der Waals surface area contributed by atoms with Crippen LogP contribution in [0.3, 0.4) is 0 Å². The standard InChI is InChI=1S/C19H20FN3O2S/c1-3-10-21-19(26)23-22-12-14-8-9-17(24-2)18(11-14)25-13-15-6-4-5-7-16(15)20/h3-9,11-12H,1,10,13H2,2H3,(H2,21,23,26)/b22-12-. The molecule has 0 saturated carbocycles. The Bertz CT molecular complexity index is 796. The van der Waals surface area contributed by atoms with Crippen molar-refractivity contribution in [2.24, 2.45) is 5.10 Å². The summed E-state index contributed by atoms with van der Waals surface area (Å²) in [6, 6.07) is 11.8. The van der Waals surface area contributed by atoms with Gasteiger partial charge in [0.1, 0.15) is 12.4 Å². The average Bonchev–Trinajstić information content (AvgIpc) is 2.66. The lowest BCUT2D eigenvalue weighted by atomic mass is 10.2. The van der Waals surface area contributed by atoms with Gasteiger partial charge in [-0.15, -0.1) is 6.58 Å². The van der Waals surface area contributed by atoms with E-state index < -0.39 is 0 Å². The molecular weight excluding hydrogens is 353 g/mol. The van der Waals surface area contributed by atoms with Gasteiger partial charge in [0.25, 0.3) is 0 Å². The number of methoxy groups -OCH3 is 1. The van der Waals surface area contributed by atoms with E-state index in [9.17, 15) is 4.39 Å². The summed E-state index contributed by atoms with van der Waals surface area (Å²) in [5.74, 6) is 0.732. The summed E-state index contributed by atoms with van der Waals surface area (Å²) in [5, 5.41) is 7.35. The Labute approximate surface area is 157 Å². The highest BCUT2D eigenvalue weighted by molar-refractivity contribution is 7.80. The van der Waals surface area contributed by atoms with Crippen LogP contribution < -0.4 is 20.2 Å². The molecule has 5 nitrogen and oxygen atoms in total. The fraction of sp³-hybridized carbons (Fsp3) is 0.158. The van der Waals surface area contributed by atoms with Crippen LogP contribution in [0.1, 0.15) is 11.1 Å². The first-order valence-electron chi connectivity index (χ1n) is 7.86. The van der Waals surface area contributed by atoms with Crippen molar-refractivity contribution < 1.29 is 13.9 Å². The van der Waals surface area contributed by atoms with Gasteiger partial charge < -0.3 is 14.8 Å². The highest BCUT2D eigenvalue weighted by Gasteiger charge is 2.07. The minimum Gasteiger partial charge on any atom is -0.493 e. The average molecular weight is 373 g/mol. The Kier molecular flexibility index (Phi) is 7.57. The molecule has 136 valence electrons. The van der Waals surface area contributed by atoms with E-state index >= 15 is 0 Å². The lowest BCUT2D eigenvalue weighted by Gasteiger charge is -2.12. The SMILES string of the molecule is C=CCNC(=S)N/N=C\c1ccc(OC)c(OCc2ccccc2F)c1. The van der Waals surface area contributed by atoms with Gasteiger partial charge in [-0.05, 0) is 42.0 Å². The second-order valence-electron chi connectivity index (χ2n) is 5.16. The first-order chi connectivity index (χ1) is 12.6. The van der Waals surface area contributed by atoms with Crippen molar-refractivity contribution in [1.29, 1.82) is 0 Å². The smallest absolute Gasteiger partial charge is 0.187 e. The topological polar surface area (TPSA) is 54.9 Å². The summed E-state index contributed by atoms with van der Waals surface area (Å²) in [6.45, 7) is 4.24. The van der Waals surface area contributed by atoms with Gasteiger partial charge in [0.2, 0.25) is 0 Å². The van der Waals surface area contributed by atoms with E-state index in [1.165, 1.54) is 6.07 Å². The monoisotopic (exact) mass is 373 g/mol. The Morgan fingerprint density at radius 3 is 2.81 bits per heavy atom. The molecule has 0 radical (unpaired) electrons. The van der Waals surface area contributed by atoms with E-state index in [4.69, 9.17) is 21.7 Å². The number of nitrogens with zero attached hydrogens (tertiary/aromatic N) is 1. The van der Waals surface area contributed by atoms with Crippen molar-refractivity contribution in [3.8, 4) is 11.5 Å². The van der Waals surface area contributed by atoms with E-state index in [0.29, 0.717) is 28.7 Å². The number of hydrogen-bond acceptors (Lipinski definition) is 4. The van der Waals surface area contributed by atoms with Crippen LogP contribution in [0.2, 0.25) is 0 Å². The number of hydrogen-bond donors (Lipinski definition) is 2. The van der Waals surface area contributed by atoms with Gasteiger partial charge in [-0.3, -0.25) is 5.43 Å². The first kappa shape index (κ1) is 19.4. The number of nitrogens with one attached hydrogen (secondary N) is 2. The highest BCUT2D eigenvalue weighted by atomic mass is 32.1. The number of ether oxygens (including phenoxy) is 2. The van der Waals surface area contributed by atoms with E-state index in [0.717, 1.165) is 5.56 Å². The van der Waals surface area contributed by atoms with E-state index in [2.05, 4.69) is 22.4 Å². The van der Waals surface area contributed by atoms with E-state index in [1.54, 1.807) is 49.7 Å². The molecule has 0 heterocycles. The second kappa shape index (κ2) is 10.1. The normalized spacial score (nSPS) is 10.4. The lowest BCUT2D eigenvalue weighted by molar-refractivity contribution is 0.279. The highest BCUT2D eigenvalue weighted by Crippen LogP contribution is 2.28. The zero-order valence-electron chi connectivity index (χ0n) is 14.4. The Morgan fingerprint density at radius 1 is 1.27 bits per heavy atom. The molecule has 0 aliphatic carbocycles. The maximum atomic E-state index is 13.7. The predicted octanol–water partition coefficient (Wildman–Crippen LogP) is 3.40. The Balaban J connectivity index is 2.04. The summed E-state index contributed by atoms with van der Waals surface area (Å²) in [5.41, 5.74) is 3.94. The van der Waals surface area contributed by atoms with Crippen molar-refractivity contribution >= 4 is 23.5 Å². The van der Waals surface area contributed by atoms with Crippen LogP contribution in [0.25, 0.3) is 0 Å². The number of rotatable bonds is 8. The van der Waals surface area contributed by atoms with Crippen LogP contribution in [0.4, 0.5) is 4.39 Å². The van der Waals surface area contributed by atoms with Crippen molar-refractivity contribution in [3.05, 3.63) is 72.1 Å². The van der Waals surface area contributed by atoms with Gasteiger partial charge in [-0.1, -0.05) is 24.3 Å². The summed E-state index contributed by atoms with van der Waals surface area (Å²) >= 11 is 5.04. The first-order valence-corrected chi connectivity index (χ1v) is 8.27.